The van der Waals surface area contributed by atoms with Crippen molar-refractivity contribution in [3.63, 3.8) is 0 Å². The van der Waals surface area contributed by atoms with E-state index in [0.29, 0.717) is 6.61 Å². The third-order valence-corrected chi connectivity index (χ3v) is 3.18. The molecule has 0 saturated heterocycles. The number of hydrogen-bond donors (Lipinski definition) is 1. The summed E-state index contributed by atoms with van der Waals surface area (Å²) in [7, 11) is 0. The van der Waals surface area contributed by atoms with Gasteiger partial charge in [0.1, 0.15) is 0 Å². The summed E-state index contributed by atoms with van der Waals surface area (Å²) in [5.74, 6) is 0. The number of aliphatic hydroxyl groups is 1. The van der Waals surface area contributed by atoms with Gasteiger partial charge in [-0.1, -0.05) is 23.7 Å². The Labute approximate surface area is 113 Å². The molecule has 0 aliphatic heterocycles. The summed E-state index contributed by atoms with van der Waals surface area (Å²) >= 11 is 11.8. The molecule has 17 heavy (non-hydrogen) atoms. The second kappa shape index (κ2) is 7.22. The van der Waals surface area contributed by atoms with Crippen LogP contribution in [0.4, 0.5) is 0 Å². The van der Waals surface area contributed by atoms with Crippen molar-refractivity contribution in [3.8, 4) is 0 Å². The summed E-state index contributed by atoms with van der Waals surface area (Å²) in [6, 6.07) is 5.87. The van der Waals surface area contributed by atoms with Crippen molar-refractivity contribution in [2.24, 2.45) is 0 Å². The van der Waals surface area contributed by atoms with Gasteiger partial charge in [-0.15, -0.1) is 11.6 Å². The van der Waals surface area contributed by atoms with Gasteiger partial charge in [-0.25, -0.2) is 0 Å². The second-order valence-corrected chi connectivity index (χ2v) is 5.17. The highest BCUT2D eigenvalue weighted by molar-refractivity contribution is 6.31. The molecular weight excluding hydrogens is 259 g/mol. The second-order valence-electron chi connectivity index (χ2n) is 4.08. The molecule has 0 amide bonds. The Morgan fingerprint density at radius 1 is 1.41 bits per heavy atom. The maximum atomic E-state index is 9.35. The molecule has 96 valence electrons. The first kappa shape index (κ1) is 14.8. The zero-order chi connectivity index (χ0) is 12.8. The molecule has 1 aromatic rings. The molecule has 1 N–H and O–H groups in total. The zero-order valence-electron chi connectivity index (χ0n) is 10.1. The quantitative estimate of drug-likeness (QED) is 0.489. The molecule has 2 unspecified atom stereocenters. The van der Waals surface area contributed by atoms with E-state index in [1.807, 2.05) is 25.1 Å². The Hall–Kier alpha value is -0.280. The van der Waals surface area contributed by atoms with E-state index in [9.17, 15) is 5.11 Å². The summed E-state index contributed by atoms with van der Waals surface area (Å²) in [5, 5.41) is 9.75. The topological polar surface area (TPSA) is 29.5 Å². The summed E-state index contributed by atoms with van der Waals surface area (Å²) in [4.78, 5) is 0. The molecule has 1 rings (SSSR count). The van der Waals surface area contributed by atoms with E-state index < -0.39 is 11.7 Å². The summed E-state index contributed by atoms with van der Waals surface area (Å²) in [6.07, 6.45) is 0.754. The van der Waals surface area contributed by atoms with E-state index in [0.717, 1.165) is 23.4 Å². The first-order chi connectivity index (χ1) is 8.02. The average Bonchev–Trinajstić information content (AvgIpc) is 2.27. The van der Waals surface area contributed by atoms with E-state index in [1.165, 1.54) is 5.56 Å². The lowest BCUT2D eigenvalue weighted by Crippen LogP contribution is -2.22. The molecular formula is C13H18Cl2O2. The number of hydrogen-bond acceptors (Lipinski definition) is 2. The smallest absolute Gasteiger partial charge is 0.170 e. The number of alkyl halides is 1. The number of rotatable bonds is 6. The average molecular weight is 277 g/mol. The predicted molar refractivity (Wildman–Crippen MR) is 71.8 cm³/mol. The fourth-order valence-corrected chi connectivity index (χ4v) is 1.96. The summed E-state index contributed by atoms with van der Waals surface area (Å²) in [6.45, 7) is 4.21. The van der Waals surface area contributed by atoms with Crippen molar-refractivity contribution >= 4 is 23.2 Å². The zero-order valence-corrected chi connectivity index (χ0v) is 11.6. The van der Waals surface area contributed by atoms with Gasteiger partial charge in [-0.2, -0.15) is 0 Å². The Morgan fingerprint density at radius 2 is 2.12 bits per heavy atom. The highest BCUT2D eigenvalue weighted by Crippen LogP contribution is 2.21. The van der Waals surface area contributed by atoms with Crippen LogP contribution in [0.25, 0.3) is 0 Å². The number of aliphatic hydroxyl groups excluding tert-OH is 1. The van der Waals surface area contributed by atoms with Crippen LogP contribution in [0, 0.1) is 6.92 Å². The van der Waals surface area contributed by atoms with Crippen LogP contribution in [-0.2, 0) is 11.2 Å². The van der Waals surface area contributed by atoms with Crippen LogP contribution in [0.1, 0.15) is 24.5 Å². The van der Waals surface area contributed by atoms with Crippen LogP contribution >= 0.6 is 23.2 Å². The first-order valence-electron chi connectivity index (χ1n) is 5.70. The first-order valence-corrected chi connectivity index (χ1v) is 6.51. The van der Waals surface area contributed by atoms with E-state index in [-0.39, 0.29) is 0 Å². The van der Waals surface area contributed by atoms with E-state index in [1.54, 1.807) is 6.92 Å². The molecule has 0 aromatic heterocycles. The van der Waals surface area contributed by atoms with Gasteiger partial charge in [0.2, 0.25) is 0 Å². The van der Waals surface area contributed by atoms with Crippen LogP contribution in [0.5, 0.6) is 0 Å². The van der Waals surface area contributed by atoms with Gasteiger partial charge in [0.15, 0.2) is 6.29 Å². The lowest BCUT2D eigenvalue weighted by molar-refractivity contribution is -0.0978. The van der Waals surface area contributed by atoms with Crippen molar-refractivity contribution in [1.82, 2.24) is 0 Å². The molecule has 0 heterocycles. The largest absolute Gasteiger partial charge is 0.367 e. The van der Waals surface area contributed by atoms with Gasteiger partial charge in [-0.05, 0) is 43.9 Å². The van der Waals surface area contributed by atoms with Crippen molar-refractivity contribution in [3.05, 3.63) is 34.3 Å². The van der Waals surface area contributed by atoms with Crippen LogP contribution in [-0.4, -0.2) is 23.4 Å². The number of ether oxygens (including phenoxy) is 1. The molecule has 1 aromatic carbocycles. The number of halogens is 2. The standard InChI is InChI=1S/C13H18Cl2O2/c1-9-5-3-7-12(15)11(9)6-4-8-17-13(16)10(2)14/h3,5,7,10,13,16H,4,6,8H2,1-2H3. The molecule has 0 spiro atoms. The minimum absolute atomic E-state index is 0.392. The monoisotopic (exact) mass is 276 g/mol. The van der Waals surface area contributed by atoms with Crippen molar-refractivity contribution in [1.29, 1.82) is 0 Å². The maximum absolute atomic E-state index is 9.35. The minimum atomic E-state index is -0.899. The summed E-state index contributed by atoms with van der Waals surface area (Å²) < 4.78 is 5.19. The molecule has 0 radical (unpaired) electrons. The van der Waals surface area contributed by atoms with Crippen molar-refractivity contribution in [2.45, 2.75) is 38.4 Å². The van der Waals surface area contributed by atoms with Crippen LogP contribution in [0.2, 0.25) is 5.02 Å². The highest BCUT2D eigenvalue weighted by atomic mass is 35.5. The third kappa shape index (κ3) is 4.84. The van der Waals surface area contributed by atoms with Crippen molar-refractivity contribution < 1.29 is 9.84 Å². The van der Waals surface area contributed by atoms with Gasteiger partial charge in [0.25, 0.3) is 0 Å². The van der Waals surface area contributed by atoms with Crippen molar-refractivity contribution in [2.75, 3.05) is 6.61 Å². The van der Waals surface area contributed by atoms with Crippen LogP contribution in [0.3, 0.4) is 0 Å². The van der Waals surface area contributed by atoms with Gasteiger partial charge >= 0.3 is 0 Å². The number of benzene rings is 1. The number of aryl methyl sites for hydroxylation is 1. The van der Waals surface area contributed by atoms with Gasteiger partial charge in [-0.3, -0.25) is 0 Å². The third-order valence-electron chi connectivity index (χ3n) is 2.61. The van der Waals surface area contributed by atoms with Gasteiger partial charge in [0, 0.05) is 5.02 Å². The lowest BCUT2D eigenvalue weighted by Gasteiger charge is -2.14. The van der Waals surface area contributed by atoms with E-state index in [4.69, 9.17) is 27.9 Å². The molecule has 0 aliphatic carbocycles. The van der Waals surface area contributed by atoms with Gasteiger partial charge in [0.05, 0.1) is 12.0 Å². The molecule has 4 heteroatoms. The van der Waals surface area contributed by atoms with E-state index in [2.05, 4.69) is 0 Å². The van der Waals surface area contributed by atoms with Crippen LogP contribution in [0.15, 0.2) is 18.2 Å². The Kier molecular flexibility index (Phi) is 6.28. The Balaban J connectivity index is 2.36. The molecule has 0 bridgehead atoms. The molecule has 0 saturated carbocycles. The normalized spacial score (nSPS) is 14.6. The predicted octanol–water partition coefficient (Wildman–Crippen LogP) is 3.54. The van der Waals surface area contributed by atoms with E-state index >= 15 is 0 Å². The Bertz CT molecular complexity index is 333. The molecule has 2 nitrogen and oxygen atoms in total. The fraction of sp³-hybridized carbons (Fsp3) is 0.538. The lowest BCUT2D eigenvalue weighted by atomic mass is 10.0. The molecule has 2 atom stereocenters. The summed E-state index contributed by atoms with van der Waals surface area (Å²) in [5.41, 5.74) is 2.33. The molecule has 0 aliphatic rings. The van der Waals surface area contributed by atoms with Crippen LogP contribution < -0.4 is 0 Å². The van der Waals surface area contributed by atoms with Gasteiger partial charge < -0.3 is 9.84 Å². The molecule has 0 fully saturated rings. The fourth-order valence-electron chi connectivity index (χ4n) is 1.57. The Morgan fingerprint density at radius 3 is 2.71 bits per heavy atom. The maximum Gasteiger partial charge on any atom is 0.170 e. The minimum Gasteiger partial charge on any atom is -0.367 e. The highest BCUT2D eigenvalue weighted by Gasteiger charge is 2.11. The SMILES string of the molecule is Cc1cccc(Cl)c1CCCOC(O)C(C)Cl.